The van der Waals surface area contributed by atoms with E-state index < -0.39 is 13.8 Å². The SMILES string of the molecule is O=C(O)NP(=O)(Oc1ccccc1)Oc1ccccc1. The van der Waals surface area contributed by atoms with Crippen molar-refractivity contribution in [1.82, 2.24) is 5.09 Å². The molecule has 0 aliphatic heterocycles. The molecule has 0 saturated carbocycles. The van der Waals surface area contributed by atoms with Crippen molar-refractivity contribution in [2.45, 2.75) is 0 Å². The van der Waals surface area contributed by atoms with Gasteiger partial charge in [-0.2, -0.15) is 0 Å². The second-order valence-electron chi connectivity index (χ2n) is 3.72. The zero-order valence-corrected chi connectivity index (χ0v) is 11.2. The Kier molecular flexibility index (Phi) is 4.27. The van der Waals surface area contributed by atoms with E-state index in [0.717, 1.165) is 0 Å². The zero-order valence-electron chi connectivity index (χ0n) is 10.3. The van der Waals surface area contributed by atoms with Crippen LogP contribution in [0.25, 0.3) is 0 Å². The molecule has 2 aromatic rings. The Hall–Kier alpha value is -2.46. The van der Waals surface area contributed by atoms with Crippen LogP contribution >= 0.6 is 7.75 Å². The number of carbonyl (C=O) groups is 1. The van der Waals surface area contributed by atoms with Crippen molar-refractivity contribution in [3.05, 3.63) is 60.7 Å². The van der Waals surface area contributed by atoms with Crippen molar-refractivity contribution in [3.8, 4) is 11.5 Å². The molecule has 2 aromatic carbocycles. The van der Waals surface area contributed by atoms with Gasteiger partial charge >= 0.3 is 13.8 Å². The minimum Gasteiger partial charge on any atom is -0.465 e. The summed E-state index contributed by atoms with van der Waals surface area (Å²) < 4.78 is 22.7. The maximum Gasteiger partial charge on any atom is 0.546 e. The molecule has 2 N–H and O–H groups in total. The van der Waals surface area contributed by atoms with E-state index in [4.69, 9.17) is 14.2 Å². The third-order valence-corrected chi connectivity index (χ3v) is 3.54. The summed E-state index contributed by atoms with van der Waals surface area (Å²) in [6.07, 6.45) is -1.50. The minimum atomic E-state index is -4.07. The molecule has 6 nitrogen and oxygen atoms in total. The molecular weight excluding hydrogens is 281 g/mol. The number of para-hydroxylation sites is 2. The molecule has 20 heavy (non-hydrogen) atoms. The highest BCUT2D eigenvalue weighted by Gasteiger charge is 2.31. The van der Waals surface area contributed by atoms with Gasteiger partial charge in [0.1, 0.15) is 11.5 Å². The molecule has 0 aliphatic carbocycles. The van der Waals surface area contributed by atoms with Crippen LogP contribution < -0.4 is 14.1 Å². The van der Waals surface area contributed by atoms with E-state index in [1.54, 1.807) is 65.8 Å². The lowest BCUT2D eigenvalue weighted by Crippen LogP contribution is -2.23. The molecule has 0 saturated heterocycles. The fraction of sp³-hybridized carbons (Fsp3) is 0. The predicted molar refractivity (Wildman–Crippen MR) is 72.9 cm³/mol. The summed E-state index contributed by atoms with van der Waals surface area (Å²) in [6, 6.07) is 16.4. The largest absolute Gasteiger partial charge is 0.546 e. The van der Waals surface area contributed by atoms with E-state index >= 15 is 0 Å². The Morgan fingerprint density at radius 3 is 1.65 bits per heavy atom. The van der Waals surface area contributed by atoms with Crippen molar-refractivity contribution < 1.29 is 23.5 Å². The van der Waals surface area contributed by atoms with Gasteiger partial charge in [-0.15, -0.1) is 0 Å². The predicted octanol–water partition coefficient (Wildman–Crippen LogP) is 3.52. The van der Waals surface area contributed by atoms with Crippen LogP contribution in [0.5, 0.6) is 11.5 Å². The second-order valence-corrected chi connectivity index (χ2v) is 5.31. The van der Waals surface area contributed by atoms with E-state index in [2.05, 4.69) is 0 Å². The Labute approximate surface area is 115 Å². The summed E-state index contributed by atoms with van der Waals surface area (Å²) in [5.74, 6) is 0.473. The molecule has 0 unspecified atom stereocenters. The fourth-order valence-electron chi connectivity index (χ4n) is 1.42. The van der Waals surface area contributed by atoms with E-state index in [1.165, 1.54) is 0 Å². The average molecular weight is 293 g/mol. The van der Waals surface area contributed by atoms with Crippen LogP contribution in [0.15, 0.2) is 60.7 Å². The van der Waals surface area contributed by atoms with Crippen LogP contribution in [0.4, 0.5) is 4.79 Å². The van der Waals surface area contributed by atoms with Gasteiger partial charge in [0, 0.05) is 0 Å². The van der Waals surface area contributed by atoms with Crippen LogP contribution in [-0.2, 0) is 4.57 Å². The van der Waals surface area contributed by atoms with E-state index in [1.807, 2.05) is 0 Å². The first-order chi connectivity index (χ1) is 9.57. The number of hydrogen-bond acceptors (Lipinski definition) is 4. The summed E-state index contributed by atoms with van der Waals surface area (Å²) >= 11 is 0. The van der Waals surface area contributed by atoms with Gasteiger partial charge in [0.05, 0.1) is 0 Å². The quantitative estimate of drug-likeness (QED) is 0.824. The van der Waals surface area contributed by atoms with Gasteiger partial charge in [0.15, 0.2) is 0 Å². The third-order valence-electron chi connectivity index (χ3n) is 2.17. The summed E-state index contributed by atoms with van der Waals surface area (Å²) in [6.45, 7) is 0. The van der Waals surface area contributed by atoms with Crippen LogP contribution in [0, 0.1) is 0 Å². The first-order valence-electron chi connectivity index (χ1n) is 5.68. The molecule has 0 radical (unpaired) electrons. The molecule has 0 fully saturated rings. The van der Waals surface area contributed by atoms with Gasteiger partial charge in [-0.3, -0.25) is 0 Å². The number of benzene rings is 2. The second kappa shape index (κ2) is 6.12. The Bertz CT molecular complexity index is 572. The lowest BCUT2D eigenvalue weighted by atomic mass is 10.3. The molecule has 0 aromatic heterocycles. The van der Waals surface area contributed by atoms with Crippen molar-refractivity contribution in [2.75, 3.05) is 0 Å². The number of rotatable bonds is 5. The van der Waals surface area contributed by atoms with E-state index in [9.17, 15) is 9.36 Å². The summed E-state index contributed by atoms with van der Waals surface area (Å²) in [4.78, 5) is 10.8. The van der Waals surface area contributed by atoms with Crippen molar-refractivity contribution >= 4 is 13.8 Å². The highest BCUT2D eigenvalue weighted by atomic mass is 31.2. The van der Waals surface area contributed by atoms with E-state index in [-0.39, 0.29) is 11.5 Å². The number of nitrogens with one attached hydrogen (secondary N) is 1. The van der Waals surface area contributed by atoms with Crippen molar-refractivity contribution in [1.29, 1.82) is 0 Å². The standard InChI is InChI=1S/C13H12NO5P/c15-13(16)14-20(17,18-11-7-3-1-4-8-11)19-12-9-5-2-6-10-12/h1-10H,(H,14,17)(H,15,16). The molecule has 104 valence electrons. The number of carboxylic acid groups (broad SMARTS) is 1. The van der Waals surface area contributed by atoms with Gasteiger partial charge < -0.3 is 14.2 Å². The molecular formula is C13H12NO5P. The van der Waals surface area contributed by atoms with Gasteiger partial charge in [-0.05, 0) is 24.3 Å². The highest BCUT2D eigenvalue weighted by Crippen LogP contribution is 2.44. The molecule has 0 bridgehead atoms. The van der Waals surface area contributed by atoms with Crippen LogP contribution in [0.2, 0.25) is 0 Å². The first kappa shape index (κ1) is 14.0. The Morgan fingerprint density at radius 2 is 1.30 bits per heavy atom. The van der Waals surface area contributed by atoms with Gasteiger partial charge in [-0.25, -0.2) is 14.4 Å². The van der Waals surface area contributed by atoms with Gasteiger partial charge in [-0.1, -0.05) is 36.4 Å². The summed E-state index contributed by atoms with van der Waals surface area (Å²) in [5.41, 5.74) is 0. The van der Waals surface area contributed by atoms with Crippen LogP contribution in [0.1, 0.15) is 0 Å². The topological polar surface area (TPSA) is 84.9 Å². The van der Waals surface area contributed by atoms with Crippen LogP contribution in [0.3, 0.4) is 0 Å². The number of hydrogen-bond donors (Lipinski definition) is 2. The molecule has 0 heterocycles. The maximum absolute atomic E-state index is 12.4. The molecule has 7 heteroatoms. The number of amides is 1. The lowest BCUT2D eigenvalue weighted by molar-refractivity contribution is 0.198. The van der Waals surface area contributed by atoms with Gasteiger partial charge in [0.25, 0.3) is 0 Å². The molecule has 0 aliphatic rings. The highest BCUT2D eigenvalue weighted by molar-refractivity contribution is 7.53. The zero-order chi connectivity index (χ0) is 14.4. The average Bonchev–Trinajstić information content (AvgIpc) is 2.39. The minimum absolute atomic E-state index is 0.237. The molecule has 0 atom stereocenters. The van der Waals surface area contributed by atoms with Crippen LogP contribution in [-0.4, -0.2) is 11.2 Å². The normalized spacial score (nSPS) is 10.6. The maximum atomic E-state index is 12.4. The summed E-state index contributed by atoms with van der Waals surface area (Å²) in [7, 11) is -4.07. The summed E-state index contributed by atoms with van der Waals surface area (Å²) in [5, 5.41) is 10.5. The smallest absolute Gasteiger partial charge is 0.465 e. The first-order valence-corrected chi connectivity index (χ1v) is 7.22. The molecule has 2 rings (SSSR count). The fourth-order valence-corrected chi connectivity index (χ4v) is 2.58. The van der Waals surface area contributed by atoms with Crippen molar-refractivity contribution in [2.24, 2.45) is 0 Å². The lowest BCUT2D eigenvalue weighted by Gasteiger charge is -2.18. The third kappa shape index (κ3) is 4.03. The molecule has 0 spiro atoms. The monoisotopic (exact) mass is 293 g/mol. The Morgan fingerprint density at radius 1 is 0.900 bits per heavy atom. The Balaban J connectivity index is 2.21. The van der Waals surface area contributed by atoms with Crippen molar-refractivity contribution in [3.63, 3.8) is 0 Å². The van der Waals surface area contributed by atoms with Gasteiger partial charge in [0.2, 0.25) is 0 Å². The molecule has 1 amide bonds. The van der Waals surface area contributed by atoms with E-state index in [0.29, 0.717) is 0 Å².